The van der Waals surface area contributed by atoms with Gasteiger partial charge in [0.1, 0.15) is 0 Å². The summed E-state index contributed by atoms with van der Waals surface area (Å²) in [5.41, 5.74) is 4.05. The van der Waals surface area contributed by atoms with E-state index >= 15 is 0 Å². The Morgan fingerprint density at radius 2 is 1.62 bits per heavy atom. The molecule has 0 aliphatic heterocycles. The molecule has 3 aromatic rings. The smallest absolute Gasteiger partial charge is 0.0453 e. The van der Waals surface area contributed by atoms with E-state index in [0.29, 0.717) is 0 Å². The van der Waals surface area contributed by atoms with Crippen LogP contribution in [0.2, 0.25) is 0 Å². The maximum absolute atomic E-state index is 3.12. The van der Waals surface area contributed by atoms with Crippen molar-refractivity contribution in [1.29, 1.82) is 0 Å². The normalized spacial score (nSPS) is 10.6. The van der Waals surface area contributed by atoms with Gasteiger partial charge in [-0.1, -0.05) is 75.9 Å². The van der Waals surface area contributed by atoms with Crippen LogP contribution in [0.15, 0.2) is 66.9 Å². The maximum atomic E-state index is 3.12. The second-order valence-corrected chi connectivity index (χ2v) is 4.37. The quantitative estimate of drug-likeness (QED) is 0.495. The van der Waals surface area contributed by atoms with Gasteiger partial charge in [0.05, 0.1) is 0 Å². The number of fused-ring (bicyclic) bond motifs is 2. The minimum atomic E-state index is 0. The zero-order valence-electron chi connectivity index (χ0n) is 12.1. The van der Waals surface area contributed by atoms with E-state index in [1.54, 1.807) is 0 Å². The number of aromatic nitrogens is 1. The zero-order chi connectivity index (χ0) is 14.2. The van der Waals surface area contributed by atoms with Crippen molar-refractivity contribution in [2.45, 2.75) is 27.7 Å². The van der Waals surface area contributed by atoms with E-state index in [0.717, 1.165) is 6.42 Å². The molecule has 1 aliphatic rings. The lowest BCUT2D eigenvalue weighted by atomic mass is 10.1. The lowest BCUT2D eigenvalue weighted by Gasteiger charge is -1.93. The molecular formula is C20H27N. The molecule has 1 aromatic heterocycles. The summed E-state index contributed by atoms with van der Waals surface area (Å²) in [6, 6.07) is 18.8. The number of H-pyrrole nitrogens is 1. The third-order valence-corrected chi connectivity index (χ3v) is 3.15. The predicted octanol–water partition coefficient (Wildman–Crippen LogP) is 6.33. The first kappa shape index (κ1) is 16.8. The highest BCUT2D eigenvalue weighted by Crippen LogP contribution is 2.17. The van der Waals surface area contributed by atoms with Crippen LogP contribution in [0.3, 0.4) is 0 Å². The van der Waals surface area contributed by atoms with E-state index < -0.39 is 0 Å². The Morgan fingerprint density at radius 1 is 0.905 bits per heavy atom. The van der Waals surface area contributed by atoms with Gasteiger partial charge in [-0.3, -0.25) is 0 Å². The number of rotatable bonds is 0. The van der Waals surface area contributed by atoms with Crippen LogP contribution in [0, 0.1) is 0 Å². The number of aromatic amines is 1. The Balaban J connectivity index is 0.000000334. The van der Waals surface area contributed by atoms with Crippen LogP contribution in [-0.2, 0) is 6.42 Å². The molecule has 0 radical (unpaired) electrons. The molecule has 1 nitrogen and oxygen atoms in total. The first-order chi connectivity index (χ1) is 9.93. The molecule has 0 bridgehead atoms. The summed E-state index contributed by atoms with van der Waals surface area (Å²) >= 11 is 0. The fourth-order valence-electron chi connectivity index (χ4n) is 2.19. The van der Waals surface area contributed by atoms with E-state index in [1.165, 1.54) is 22.0 Å². The topological polar surface area (TPSA) is 15.8 Å². The van der Waals surface area contributed by atoms with Crippen molar-refractivity contribution in [2.75, 3.05) is 0 Å². The van der Waals surface area contributed by atoms with Gasteiger partial charge >= 0.3 is 0 Å². The van der Waals surface area contributed by atoms with E-state index in [-0.39, 0.29) is 8.85 Å². The average molecular weight is 281 g/mol. The average Bonchev–Trinajstić information content (AvgIpc) is 3.18. The minimum absolute atomic E-state index is 0. The van der Waals surface area contributed by atoms with Gasteiger partial charge < -0.3 is 4.98 Å². The molecule has 1 aliphatic carbocycles. The third kappa shape index (κ3) is 4.35. The van der Waals surface area contributed by atoms with Crippen molar-refractivity contribution in [2.24, 2.45) is 0 Å². The Morgan fingerprint density at radius 3 is 2.38 bits per heavy atom. The Kier molecular flexibility index (Phi) is 7.03. The van der Waals surface area contributed by atoms with Gasteiger partial charge in [0, 0.05) is 13.1 Å². The van der Waals surface area contributed by atoms with Gasteiger partial charge in [-0.15, -0.1) is 0 Å². The van der Waals surface area contributed by atoms with Gasteiger partial charge in [0.15, 0.2) is 0 Å². The van der Waals surface area contributed by atoms with E-state index in [1.807, 2.05) is 32.2 Å². The fraction of sp³-hybridized carbons (Fsp3) is 0.200. The lowest BCUT2D eigenvalue weighted by Crippen LogP contribution is -1.76. The number of hydrogen-bond acceptors (Lipinski definition) is 0. The molecule has 1 heterocycles. The van der Waals surface area contributed by atoms with Gasteiger partial charge in [0.2, 0.25) is 0 Å². The van der Waals surface area contributed by atoms with Crippen molar-refractivity contribution in [3.05, 3.63) is 78.0 Å². The van der Waals surface area contributed by atoms with Crippen LogP contribution in [0.4, 0.5) is 0 Å². The second-order valence-electron chi connectivity index (χ2n) is 4.37. The van der Waals surface area contributed by atoms with Crippen molar-refractivity contribution < 1.29 is 1.43 Å². The summed E-state index contributed by atoms with van der Waals surface area (Å²) in [4.78, 5) is 3.12. The van der Waals surface area contributed by atoms with Gasteiger partial charge in [-0.2, -0.15) is 0 Å². The van der Waals surface area contributed by atoms with Gasteiger partial charge in [-0.25, -0.2) is 0 Å². The highest BCUT2D eigenvalue weighted by atomic mass is 14.6. The highest BCUT2D eigenvalue weighted by molar-refractivity contribution is 5.78. The second kappa shape index (κ2) is 8.80. The number of nitrogens with one attached hydrogen (secondary N) is 1. The SMILES string of the molecule is C.C1=Cc2ccccc2C1.CC.[HH].c1ccc2[nH]ccc2c1. The number of allylic oxidation sites excluding steroid dienone is 1. The van der Waals surface area contributed by atoms with Crippen LogP contribution in [0.1, 0.15) is 33.8 Å². The van der Waals surface area contributed by atoms with Crippen LogP contribution in [-0.4, -0.2) is 4.98 Å². The van der Waals surface area contributed by atoms with E-state index in [9.17, 15) is 0 Å². The van der Waals surface area contributed by atoms with Crippen LogP contribution in [0.25, 0.3) is 17.0 Å². The van der Waals surface area contributed by atoms with Crippen LogP contribution in [0.5, 0.6) is 0 Å². The maximum Gasteiger partial charge on any atom is 0.0453 e. The predicted molar refractivity (Wildman–Crippen MR) is 97.7 cm³/mol. The molecule has 4 rings (SSSR count). The molecule has 21 heavy (non-hydrogen) atoms. The molecule has 0 unspecified atom stereocenters. The largest absolute Gasteiger partial charge is 0.361 e. The summed E-state index contributed by atoms with van der Waals surface area (Å²) in [5, 5.41) is 1.28. The van der Waals surface area contributed by atoms with Crippen LogP contribution < -0.4 is 0 Å². The molecule has 0 atom stereocenters. The minimum Gasteiger partial charge on any atom is -0.361 e. The van der Waals surface area contributed by atoms with Crippen LogP contribution >= 0.6 is 0 Å². The summed E-state index contributed by atoms with van der Waals surface area (Å²) < 4.78 is 0. The summed E-state index contributed by atoms with van der Waals surface area (Å²) in [5.74, 6) is 0. The van der Waals surface area contributed by atoms with Crippen molar-refractivity contribution in [1.82, 2.24) is 4.98 Å². The summed E-state index contributed by atoms with van der Waals surface area (Å²) in [6.45, 7) is 4.00. The third-order valence-electron chi connectivity index (χ3n) is 3.15. The zero-order valence-corrected chi connectivity index (χ0v) is 12.1. The van der Waals surface area contributed by atoms with Gasteiger partial charge in [-0.05, 0) is 35.1 Å². The molecule has 0 amide bonds. The monoisotopic (exact) mass is 281 g/mol. The van der Waals surface area contributed by atoms with Crippen molar-refractivity contribution in [3.8, 4) is 0 Å². The molecule has 1 heteroatoms. The summed E-state index contributed by atoms with van der Waals surface area (Å²) in [6.07, 6.45) is 7.45. The molecule has 0 spiro atoms. The van der Waals surface area contributed by atoms with E-state index in [4.69, 9.17) is 0 Å². The Labute approximate surface area is 129 Å². The molecule has 0 fully saturated rings. The van der Waals surface area contributed by atoms with E-state index in [2.05, 4.69) is 59.6 Å². The van der Waals surface area contributed by atoms with Crippen molar-refractivity contribution >= 4 is 17.0 Å². The lowest BCUT2D eigenvalue weighted by molar-refractivity contribution is 1.31. The molecular weight excluding hydrogens is 254 g/mol. The fourth-order valence-corrected chi connectivity index (χ4v) is 2.19. The molecule has 0 saturated carbocycles. The number of hydrogen-bond donors (Lipinski definition) is 1. The molecule has 112 valence electrons. The number of para-hydroxylation sites is 1. The summed E-state index contributed by atoms with van der Waals surface area (Å²) in [7, 11) is 0. The first-order valence-electron chi connectivity index (χ1n) is 7.20. The first-order valence-corrected chi connectivity index (χ1v) is 7.20. The Hall–Kier alpha value is -2.28. The molecule has 0 saturated heterocycles. The van der Waals surface area contributed by atoms with Gasteiger partial charge in [0.25, 0.3) is 0 Å². The highest BCUT2D eigenvalue weighted by Gasteiger charge is 2.00. The molecule has 2 aromatic carbocycles. The van der Waals surface area contributed by atoms with Crippen molar-refractivity contribution in [3.63, 3.8) is 0 Å². The Bertz CT molecular complexity index is 652. The number of benzene rings is 2. The standard InChI is InChI=1S/C9H8.C8H7N.C2H6.CH4.H2/c1-2-5-9-7-3-6-8(9)4-1;1-2-4-8-7(3-1)5-6-9-8;1-2;;/h1-6H,7H2;1-6,9H;1-2H3;1H4;1H. The molecule has 1 N–H and O–H groups in total.